The second kappa shape index (κ2) is 8.33. The zero-order valence-corrected chi connectivity index (χ0v) is 17.4. The van der Waals surface area contributed by atoms with Crippen molar-refractivity contribution in [3.8, 4) is 5.75 Å². The van der Waals surface area contributed by atoms with E-state index in [1.54, 1.807) is 4.90 Å². The number of aromatic nitrogens is 1. The van der Waals surface area contributed by atoms with Crippen molar-refractivity contribution < 1.29 is 27.9 Å². The molecule has 1 amide bonds. The van der Waals surface area contributed by atoms with E-state index in [0.717, 1.165) is 25.0 Å². The van der Waals surface area contributed by atoms with E-state index < -0.39 is 40.3 Å². The number of halogens is 3. The molecule has 1 N–H and O–H groups in total. The van der Waals surface area contributed by atoms with Crippen molar-refractivity contribution in [3.63, 3.8) is 0 Å². The Labute approximate surface area is 181 Å². The minimum absolute atomic E-state index is 0.196. The Bertz CT molecular complexity index is 1160. The Morgan fingerprint density at radius 1 is 1.16 bits per heavy atom. The molecular weight excluding hydrogens is 427 g/mol. The van der Waals surface area contributed by atoms with Gasteiger partial charge in [0.25, 0.3) is 5.91 Å². The Morgan fingerprint density at radius 2 is 1.91 bits per heavy atom. The summed E-state index contributed by atoms with van der Waals surface area (Å²) < 4.78 is 41.8. The molecule has 0 radical (unpaired) electrons. The van der Waals surface area contributed by atoms with Crippen LogP contribution in [0.4, 0.5) is 13.2 Å². The molecule has 0 bridgehead atoms. The largest absolute Gasteiger partial charge is 0.502 e. The second-order valence-corrected chi connectivity index (χ2v) is 7.90. The van der Waals surface area contributed by atoms with Crippen molar-refractivity contribution in [2.75, 3.05) is 18.1 Å². The van der Waals surface area contributed by atoms with Gasteiger partial charge >= 0.3 is 0 Å². The number of pyridine rings is 1. The van der Waals surface area contributed by atoms with Gasteiger partial charge in [-0.2, -0.15) is 0 Å². The van der Waals surface area contributed by atoms with Crippen LogP contribution in [0.25, 0.3) is 0 Å². The van der Waals surface area contributed by atoms with Crippen LogP contribution in [0.3, 0.4) is 0 Å². The van der Waals surface area contributed by atoms with Gasteiger partial charge < -0.3 is 10.0 Å². The summed E-state index contributed by atoms with van der Waals surface area (Å²) in [7, 11) is 0. The van der Waals surface area contributed by atoms with Crippen molar-refractivity contribution in [2.24, 2.45) is 0 Å². The lowest BCUT2D eigenvalue weighted by atomic mass is 10.0. The second-order valence-electron chi connectivity index (χ2n) is 7.90. The van der Waals surface area contributed by atoms with E-state index in [0.29, 0.717) is 19.5 Å². The summed E-state index contributed by atoms with van der Waals surface area (Å²) in [6, 6.07) is 1.80. The van der Waals surface area contributed by atoms with Crippen molar-refractivity contribution in [3.05, 3.63) is 62.8 Å². The first-order chi connectivity index (χ1) is 15.3. The number of carbonyl (C=O) groups excluding carboxylic acids is 2. The lowest BCUT2D eigenvalue weighted by Crippen LogP contribution is -2.63. The number of ketones is 1. The van der Waals surface area contributed by atoms with E-state index in [-0.39, 0.29) is 35.8 Å². The summed E-state index contributed by atoms with van der Waals surface area (Å²) in [6.07, 6.45) is 2.82. The highest BCUT2D eigenvalue weighted by atomic mass is 19.2. The number of nitrogens with zero attached hydrogens (tertiary/aromatic N) is 3. The number of hydrogen-bond donors (Lipinski definition) is 1. The van der Waals surface area contributed by atoms with Crippen LogP contribution in [0.1, 0.15) is 59.0 Å². The smallest absolute Gasteiger partial charge is 0.278 e. The summed E-state index contributed by atoms with van der Waals surface area (Å²) in [6.45, 7) is 2.77. The van der Waals surface area contributed by atoms with Crippen LogP contribution in [-0.2, 0) is 6.42 Å². The first kappa shape index (κ1) is 21.9. The maximum Gasteiger partial charge on any atom is 0.278 e. The average molecular weight is 449 g/mol. The highest BCUT2D eigenvalue weighted by Gasteiger charge is 2.40. The van der Waals surface area contributed by atoms with Gasteiger partial charge in [0.1, 0.15) is 6.17 Å². The molecule has 10 heteroatoms. The molecule has 0 unspecified atom stereocenters. The van der Waals surface area contributed by atoms with Crippen LogP contribution < -0.4 is 10.4 Å². The SMILES string of the molecule is CCN1C(=O)c2c(O)c(=O)c(C(=O)CCc3ccc(F)c(F)c3F)cn2N2CCCC[C@@H]12. The number of hydrogen-bond acceptors (Lipinski definition) is 5. The zero-order chi connectivity index (χ0) is 23.2. The number of aromatic hydroxyl groups is 1. The fraction of sp³-hybridized carbons (Fsp3) is 0.409. The number of benzene rings is 1. The van der Waals surface area contributed by atoms with Crippen molar-refractivity contribution >= 4 is 11.7 Å². The summed E-state index contributed by atoms with van der Waals surface area (Å²) in [5.74, 6) is -6.36. The summed E-state index contributed by atoms with van der Waals surface area (Å²) in [5, 5.41) is 12.4. The molecule has 2 aliphatic rings. The van der Waals surface area contributed by atoms with Gasteiger partial charge in [0.2, 0.25) is 5.43 Å². The van der Waals surface area contributed by atoms with Gasteiger partial charge in [-0.25, -0.2) is 13.2 Å². The number of Topliss-reactive ketones (excluding diaryl/α,β-unsaturated/α-hetero) is 1. The highest BCUT2D eigenvalue weighted by molar-refractivity contribution is 6.00. The van der Waals surface area contributed by atoms with Gasteiger partial charge in [-0.15, -0.1) is 0 Å². The molecule has 0 spiro atoms. The first-order valence-electron chi connectivity index (χ1n) is 10.5. The van der Waals surface area contributed by atoms with Gasteiger partial charge in [-0.3, -0.25) is 24.1 Å². The van der Waals surface area contributed by atoms with E-state index in [4.69, 9.17) is 0 Å². The van der Waals surface area contributed by atoms with Crippen LogP contribution in [-0.4, -0.2) is 45.6 Å². The van der Waals surface area contributed by atoms with Gasteiger partial charge in [-0.05, 0) is 44.2 Å². The Hall–Kier alpha value is -3.30. The van der Waals surface area contributed by atoms with Crippen molar-refractivity contribution in [2.45, 2.75) is 45.2 Å². The lowest BCUT2D eigenvalue weighted by Gasteiger charge is -2.48. The third kappa shape index (κ3) is 3.43. The normalized spacial score (nSPS) is 17.9. The fourth-order valence-corrected chi connectivity index (χ4v) is 4.42. The van der Waals surface area contributed by atoms with Crippen molar-refractivity contribution in [1.29, 1.82) is 0 Å². The number of fused-ring (bicyclic) bond motifs is 3. The molecule has 4 rings (SSSR count). The van der Waals surface area contributed by atoms with Crippen LogP contribution >= 0.6 is 0 Å². The van der Waals surface area contributed by atoms with E-state index in [2.05, 4.69) is 0 Å². The molecule has 2 aliphatic heterocycles. The number of amides is 1. The number of carbonyl (C=O) groups is 2. The predicted octanol–water partition coefficient (Wildman–Crippen LogP) is 2.71. The Kier molecular flexibility index (Phi) is 5.70. The summed E-state index contributed by atoms with van der Waals surface area (Å²) in [5.41, 5.74) is -1.74. The minimum Gasteiger partial charge on any atom is -0.502 e. The molecule has 2 aromatic rings. The van der Waals surface area contributed by atoms with Crippen LogP contribution in [0, 0.1) is 17.5 Å². The molecule has 3 heterocycles. The van der Waals surface area contributed by atoms with Gasteiger partial charge in [0, 0.05) is 25.7 Å². The number of rotatable bonds is 5. The molecule has 32 heavy (non-hydrogen) atoms. The number of aryl methyl sites for hydroxylation is 1. The topological polar surface area (TPSA) is 82.9 Å². The lowest BCUT2D eigenvalue weighted by molar-refractivity contribution is 0.0534. The third-order valence-electron chi connectivity index (χ3n) is 6.09. The first-order valence-corrected chi connectivity index (χ1v) is 10.5. The third-order valence-corrected chi connectivity index (χ3v) is 6.09. The molecule has 7 nitrogen and oxygen atoms in total. The van der Waals surface area contributed by atoms with E-state index >= 15 is 0 Å². The highest BCUT2D eigenvalue weighted by Crippen LogP contribution is 2.29. The van der Waals surface area contributed by atoms with Crippen molar-refractivity contribution in [1.82, 2.24) is 9.58 Å². The van der Waals surface area contributed by atoms with E-state index in [1.165, 1.54) is 10.9 Å². The quantitative estimate of drug-likeness (QED) is 0.561. The fourth-order valence-electron chi connectivity index (χ4n) is 4.42. The molecule has 0 saturated carbocycles. The molecule has 1 aromatic heterocycles. The minimum atomic E-state index is -1.63. The monoisotopic (exact) mass is 449 g/mol. The predicted molar refractivity (Wildman–Crippen MR) is 109 cm³/mol. The van der Waals surface area contributed by atoms with Gasteiger partial charge in [0.05, 0.1) is 5.56 Å². The molecule has 1 atom stereocenters. The molecule has 1 saturated heterocycles. The molecule has 1 fully saturated rings. The van der Waals surface area contributed by atoms with Gasteiger partial charge in [0.15, 0.2) is 34.7 Å². The Balaban J connectivity index is 1.69. The number of piperidine rings is 1. The van der Waals surface area contributed by atoms with Gasteiger partial charge in [-0.1, -0.05) is 6.07 Å². The van der Waals surface area contributed by atoms with Crippen LogP contribution in [0.15, 0.2) is 23.1 Å². The molecular formula is C22H22F3N3O4. The molecule has 0 aliphatic carbocycles. The van der Waals surface area contributed by atoms with Crippen LogP contribution in [0.2, 0.25) is 0 Å². The molecule has 1 aromatic carbocycles. The zero-order valence-electron chi connectivity index (χ0n) is 17.4. The maximum atomic E-state index is 13.9. The molecule has 170 valence electrons. The summed E-state index contributed by atoms with van der Waals surface area (Å²) >= 11 is 0. The van der Waals surface area contributed by atoms with E-state index in [9.17, 15) is 32.7 Å². The standard InChI is InChI=1S/C22H22F3N3O4/c1-2-26-16-5-3-4-10-27(16)28-11-13(20(30)21(31)19(28)22(26)32)15(29)9-7-12-6-8-14(23)18(25)17(12)24/h6,8,11,16,31H,2-5,7,9-10H2,1H3/t16-/m0/s1. The average Bonchev–Trinajstić information content (AvgIpc) is 2.79. The summed E-state index contributed by atoms with van der Waals surface area (Å²) in [4.78, 5) is 40.0. The Morgan fingerprint density at radius 3 is 2.62 bits per heavy atom. The van der Waals surface area contributed by atoms with Crippen LogP contribution in [0.5, 0.6) is 5.75 Å². The maximum absolute atomic E-state index is 13.9. The van der Waals surface area contributed by atoms with E-state index in [1.807, 2.05) is 11.9 Å².